The van der Waals surface area contributed by atoms with Crippen molar-refractivity contribution in [1.82, 2.24) is 5.32 Å². The van der Waals surface area contributed by atoms with Crippen molar-refractivity contribution in [2.45, 2.75) is 76.3 Å². The van der Waals surface area contributed by atoms with Gasteiger partial charge in [-0.15, -0.1) is 0 Å². The van der Waals surface area contributed by atoms with Crippen LogP contribution in [-0.4, -0.2) is 40.8 Å². The molecule has 2 aliphatic rings. The maximum absolute atomic E-state index is 10.5. The zero-order chi connectivity index (χ0) is 16.4. The first-order valence-electron chi connectivity index (χ1n) is 8.44. The van der Waals surface area contributed by atoms with E-state index in [-0.39, 0.29) is 12.5 Å². The van der Waals surface area contributed by atoms with Crippen LogP contribution < -0.4 is 11.1 Å². The van der Waals surface area contributed by atoms with Gasteiger partial charge in [-0.1, -0.05) is 38.5 Å². The van der Waals surface area contributed by atoms with Gasteiger partial charge >= 0.3 is 11.9 Å². The molecule has 0 aromatic carbocycles. The maximum atomic E-state index is 10.5. The maximum Gasteiger partial charge on any atom is 0.320 e. The molecule has 6 nitrogen and oxygen atoms in total. The van der Waals surface area contributed by atoms with E-state index in [2.05, 4.69) is 5.32 Å². The molecule has 0 aromatic rings. The molecule has 0 aromatic heterocycles. The lowest BCUT2D eigenvalue weighted by Crippen LogP contribution is -2.38. The third kappa shape index (κ3) is 7.75. The monoisotopic (exact) mass is 314 g/mol. The van der Waals surface area contributed by atoms with E-state index in [9.17, 15) is 9.59 Å². The Hall–Kier alpha value is -1.14. The molecule has 5 N–H and O–H groups in total. The predicted octanol–water partition coefficient (Wildman–Crippen LogP) is 1.97. The van der Waals surface area contributed by atoms with E-state index in [4.69, 9.17) is 15.9 Å². The number of carboxylic acids is 2. The van der Waals surface area contributed by atoms with Crippen LogP contribution in [0.3, 0.4) is 0 Å². The highest BCUT2D eigenvalue weighted by Gasteiger charge is 2.25. The first kappa shape index (κ1) is 18.9. The number of aliphatic carboxylic acids is 2. The van der Waals surface area contributed by atoms with E-state index in [0.717, 1.165) is 38.5 Å². The van der Waals surface area contributed by atoms with Crippen molar-refractivity contribution in [2.75, 3.05) is 6.54 Å². The molecule has 0 saturated heterocycles. The SMILES string of the molecule is NC(C(=O)O)C1CCCCC1.O=C(O)CNC1CCCCC1. The summed E-state index contributed by atoms with van der Waals surface area (Å²) < 4.78 is 0. The van der Waals surface area contributed by atoms with Crippen LogP contribution in [0.2, 0.25) is 0 Å². The molecule has 22 heavy (non-hydrogen) atoms. The molecule has 0 aliphatic heterocycles. The fraction of sp³-hybridized carbons (Fsp3) is 0.875. The third-order valence-corrected chi connectivity index (χ3v) is 4.59. The van der Waals surface area contributed by atoms with Crippen LogP contribution in [-0.2, 0) is 9.59 Å². The van der Waals surface area contributed by atoms with Gasteiger partial charge in [0, 0.05) is 6.04 Å². The molecule has 0 heterocycles. The Morgan fingerprint density at radius 1 is 0.955 bits per heavy atom. The molecule has 1 atom stereocenters. The molecule has 0 bridgehead atoms. The lowest BCUT2D eigenvalue weighted by atomic mass is 9.84. The minimum atomic E-state index is -0.850. The molecule has 0 spiro atoms. The fourth-order valence-electron chi connectivity index (χ4n) is 3.23. The highest BCUT2D eigenvalue weighted by molar-refractivity contribution is 5.73. The van der Waals surface area contributed by atoms with Gasteiger partial charge in [0.05, 0.1) is 6.54 Å². The molecule has 0 amide bonds. The van der Waals surface area contributed by atoms with Gasteiger partial charge in [0.15, 0.2) is 0 Å². The van der Waals surface area contributed by atoms with E-state index in [1.54, 1.807) is 0 Å². The Labute approximate surface area is 132 Å². The number of nitrogens with two attached hydrogens (primary N) is 1. The van der Waals surface area contributed by atoms with Crippen LogP contribution >= 0.6 is 0 Å². The first-order chi connectivity index (χ1) is 10.5. The third-order valence-electron chi connectivity index (χ3n) is 4.59. The van der Waals surface area contributed by atoms with Crippen molar-refractivity contribution >= 4 is 11.9 Å². The largest absolute Gasteiger partial charge is 0.480 e. The number of nitrogens with one attached hydrogen (secondary N) is 1. The number of carboxylic acid groups (broad SMARTS) is 2. The second-order valence-electron chi connectivity index (χ2n) is 6.37. The van der Waals surface area contributed by atoms with Gasteiger partial charge < -0.3 is 21.3 Å². The van der Waals surface area contributed by atoms with Crippen molar-refractivity contribution in [3.05, 3.63) is 0 Å². The van der Waals surface area contributed by atoms with Crippen LogP contribution in [0.1, 0.15) is 64.2 Å². The van der Waals surface area contributed by atoms with Crippen molar-refractivity contribution in [2.24, 2.45) is 11.7 Å². The van der Waals surface area contributed by atoms with Gasteiger partial charge in [0.25, 0.3) is 0 Å². The first-order valence-corrected chi connectivity index (χ1v) is 8.44. The topological polar surface area (TPSA) is 113 Å². The highest BCUT2D eigenvalue weighted by atomic mass is 16.4. The molecule has 2 fully saturated rings. The average molecular weight is 314 g/mol. The van der Waals surface area contributed by atoms with Gasteiger partial charge in [-0.05, 0) is 31.6 Å². The van der Waals surface area contributed by atoms with E-state index in [1.165, 1.54) is 25.7 Å². The van der Waals surface area contributed by atoms with E-state index in [1.807, 2.05) is 0 Å². The van der Waals surface area contributed by atoms with Gasteiger partial charge in [-0.2, -0.15) is 0 Å². The number of carbonyl (C=O) groups is 2. The molecule has 128 valence electrons. The number of hydrogen-bond acceptors (Lipinski definition) is 4. The Kier molecular flexibility index (Phi) is 9.08. The summed E-state index contributed by atoms with van der Waals surface area (Å²) in [5, 5.41) is 20.0. The fourth-order valence-corrected chi connectivity index (χ4v) is 3.23. The summed E-state index contributed by atoms with van der Waals surface area (Å²) in [6, 6.07) is -0.171. The summed E-state index contributed by atoms with van der Waals surface area (Å²) in [5.41, 5.74) is 5.49. The molecule has 2 rings (SSSR count). The summed E-state index contributed by atoms with van der Waals surface area (Å²) in [7, 11) is 0. The molecular formula is C16H30N2O4. The Morgan fingerprint density at radius 3 is 1.91 bits per heavy atom. The molecule has 0 radical (unpaired) electrons. The van der Waals surface area contributed by atoms with Crippen LogP contribution in [0, 0.1) is 5.92 Å². The standard InChI is InChI=1S/2C8H15NO2/c10-8(11)6-9-7-4-2-1-3-5-7;9-7(8(10)11)6-4-2-1-3-5-6/h7,9H,1-6H2,(H,10,11);6-7H,1-5,9H2,(H,10,11). The van der Waals surface area contributed by atoms with Crippen LogP contribution in [0.25, 0.3) is 0 Å². The smallest absolute Gasteiger partial charge is 0.320 e. The van der Waals surface area contributed by atoms with Gasteiger partial charge in [0.1, 0.15) is 6.04 Å². The normalized spacial score (nSPS) is 21.5. The zero-order valence-electron chi connectivity index (χ0n) is 13.3. The van der Waals surface area contributed by atoms with Crippen LogP contribution in [0.4, 0.5) is 0 Å². The second kappa shape index (κ2) is 10.6. The lowest BCUT2D eigenvalue weighted by molar-refractivity contribution is -0.140. The van der Waals surface area contributed by atoms with Gasteiger partial charge in [0.2, 0.25) is 0 Å². The summed E-state index contributed by atoms with van der Waals surface area (Å²) in [6.07, 6.45) is 11.6. The minimum absolute atomic E-state index is 0.116. The summed E-state index contributed by atoms with van der Waals surface area (Å²) >= 11 is 0. The Balaban J connectivity index is 0.000000220. The van der Waals surface area contributed by atoms with Crippen molar-refractivity contribution in [3.8, 4) is 0 Å². The number of rotatable bonds is 5. The van der Waals surface area contributed by atoms with E-state index < -0.39 is 18.0 Å². The lowest BCUT2D eigenvalue weighted by Gasteiger charge is -2.24. The van der Waals surface area contributed by atoms with Gasteiger partial charge in [-0.3, -0.25) is 9.59 Å². The number of hydrogen-bond donors (Lipinski definition) is 4. The van der Waals surface area contributed by atoms with Crippen LogP contribution in [0.15, 0.2) is 0 Å². The Bertz CT molecular complexity index is 337. The molecule has 2 saturated carbocycles. The quantitative estimate of drug-likeness (QED) is 0.617. The average Bonchev–Trinajstić information content (AvgIpc) is 2.54. The second-order valence-corrected chi connectivity index (χ2v) is 6.37. The zero-order valence-corrected chi connectivity index (χ0v) is 13.3. The summed E-state index contributed by atoms with van der Waals surface area (Å²) in [5.74, 6) is -1.38. The Morgan fingerprint density at radius 2 is 1.45 bits per heavy atom. The van der Waals surface area contributed by atoms with Crippen molar-refractivity contribution < 1.29 is 19.8 Å². The van der Waals surface area contributed by atoms with Crippen molar-refractivity contribution in [3.63, 3.8) is 0 Å². The summed E-state index contributed by atoms with van der Waals surface area (Å²) in [6.45, 7) is 0.116. The molecule has 1 unspecified atom stereocenters. The molecular weight excluding hydrogens is 284 g/mol. The van der Waals surface area contributed by atoms with Crippen molar-refractivity contribution in [1.29, 1.82) is 0 Å². The summed E-state index contributed by atoms with van der Waals surface area (Å²) in [4.78, 5) is 20.7. The van der Waals surface area contributed by atoms with Crippen LogP contribution in [0.5, 0.6) is 0 Å². The van der Waals surface area contributed by atoms with E-state index in [0.29, 0.717) is 6.04 Å². The van der Waals surface area contributed by atoms with E-state index >= 15 is 0 Å². The van der Waals surface area contributed by atoms with Gasteiger partial charge in [-0.25, -0.2) is 0 Å². The minimum Gasteiger partial charge on any atom is -0.480 e. The predicted molar refractivity (Wildman–Crippen MR) is 84.7 cm³/mol. The molecule has 2 aliphatic carbocycles. The molecule has 6 heteroatoms. The highest BCUT2D eigenvalue weighted by Crippen LogP contribution is 2.25.